The molecular formula is C16H14Br2O2. The number of hydrogen-bond donors (Lipinski definition) is 0. The second kappa shape index (κ2) is 7.04. The first-order valence-corrected chi connectivity index (χ1v) is 8.02. The van der Waals surface area contributed by atoms with Gasteiger partial charge in [-0.3, -0.25) is 4.79 Å². The lowest BCUT2D eigenvalue weighted by Gasteiger charge is -2.18. The fourth-order valence-corrected chi connectivity index (χ4v) is 3.09. The number of ether oxygens (including phenoxy) is 1. The van der Waals surface area contributed by atoms with Gasteiger partial charge in [0.05, 0.1) is 9.65 Å². The van der Waals surface area contributed by atoms with E-state index < -0.39 is 0 Å². The Bertz CT molecular complexity index is 584. The van der Waals surface area contributed by atoms with Gasteiger partial charge in [-0.25, -0.2) is 0 Å². The van der Waals surface area contributed by atoms with Gasteiger partial charge in [0.2, 0.25) is 0 Å². The Morgan fingerprint density at radius 2 is 1.55 bits per heavy atom. The molecule has 2 atom stereocenters. The Morgan fingerprint density at radius 3 is 2.20 bits per heavy atom. The molecule has 20 heavy (non-hydrogen) atoms. The molecule has 0 heterocycles. The van der Waals surface area contributed by atoms with Gasteiger partial charge in [-0.05, 0) is 23.3 Å². The lowest BCUT2D eigenvalue weighted by Crippen LogP contribution is -2.03. The number of halogens is 2. The third-order valence-electron chi connectivity index (χ3n) is 2.81. The molecule has 0 saturated carbocycles. The standard InChI is InChI=1S/C16H14Br2O2/c1-11(19)20-14-9-5-8-13(10-14)16(18)15(17)12-6-3-2-4-7-12/h2-10,15-16H,1H3. The van der Waals surface area contributed by atoms with E-state index >= 15 is 0 Å². The molecule has 2 unspecified atom stereocenters. The van der Waals surface area contributed by atoms with Gasteiger partial charge in [0.15, 0.2) is 0 Å². The van der Waals surface area contributed by atoms with Crippen molar-refractivity contribution in [3.8, 4) is 5.75 Å². The maximum Gasteiger partial charge on any atom is 0.308 e. The molecule has 2 aromatic carbocycles. The molecule has 0 spiro atoms. The maximum atomic E-state index is 11.0. The van der Waals surface area contributed by atoms with Crippen LogP contribution < -0.4 is 4.74 Å². The van der Waals surface area contributed by atoms with E-state index in [9.17, 15) is 4.79 Å². The van der Waals surface area contributed by atoms with Crippen LogP contribution in [0.4, 0.5) is 0 Å². The zero-order valence-electron chi connectivity index (χ0n) is 10.9. The van der Waals surface area contributed by atoms with Crippen LogP contribution in [-0.4, -0.2) is 5.97 Å². The van der Waals surface area contributed by atoms with E-state index in [4.69, 9.17) is 4.74 Å². The molecule has 2 aromatic rings. The van der Waals surface area contributed by atoms with Gasteiger partial charge in [0.1, 0.15) is 5.75 Å². The van der Waals surface area contributed by atoms with E-state index in [0.29, 0.717) is 5.75 Å². The highest BCUT2D eigenvalue weighted by molar-refractivity contribution is 9.12. The number of alkyl halides is 2. The minimum Gasteiger partial charge on any atom is -0.427 e. The van der Waals surface area contributed by atoms with Gasteiger partial charge in [-0.2, -0.15) is 0 Å². The minimum atomic E-state index is -0.313. The van der Waals surface area contributed by atoms with Crippen molar-refractivity contribution in [3.63, 3.8) is 0 Å². The first kappa shape index (κ1) is 15.3. The van der Waals surface area contributed by atoms with Crippen LogP contribution in [0.2, 0.25) is 0 Å². The highest BCUT2D eigenvalue weighted by atomic mass is 79.9. The first-order chi connectivity index (χ1) is 9.58. The molecule has 0 fully saturated rings. The number of carbonyl (C=O) groups excluding carboxylic acids is 1. The van der Waals surface area contributed by atoms with Crippen molar-refractivity contribution < 1.29 is 9.53 Å². The summed E-state index contributed by atoms with van der Waals surface area (Å²) >= 11 is 7.41. The van der Waals surface area contributed by atoms with E-state index in [1.165, 1.54) is 12.5 Å². The summed E-state index contributed by atoms with van der Waals surface area (Å²) in [5.41, 5.74) is 2.24. The molecule has 0 radical (unpaired) electrons. The van der Waals surface area contributed by atoms with E-state index in [-0.39, 0.29) is 15.6 Å². The molecule has 2 rings (SSSR count). The fraction of sp³-hybridized carbons (Fsp3) is 0.188. The minimum absolute atomic E-state index is 0.0837. The summed E-state index contributed by atoms with van der Waals surface area (Å²) in [6.07, 6.45) is 0. The molecule has 4 heteroatoms. The predicted octanol–water partition coefficient (Wildman–Crippen LogP) is 5.18. The quantitative estimate of drug-likeness (QED) is 0.403. The van der Waals surface area contributed by atoms with E-state index in [2.05, 4.69) is 44.0 Å². The Morgan fingerprint density at radius 1 is 0.950 bits per heavy atom. The molecule has 0 saturated heterocycles. The average molecular weight is 398 g/mol. The van der Waals surface area contributed by atoms with Crippen LogP contribution in [0.3, 0.4) is 0 Å². The first-order valence-electron chi connectivity index (χ1n) is 6.19. The van der Waals surface area contributed by atoms with Gasteiger partial charge in [0, 0.05) is 6.92 Å². The molecule has 0 N–H and O–H groups in total. The Hall–Kier alpha value is -1.13. The molecule has 0 aliphatic heterocycles. The summed E-state index contributed by atoms with van der Waals surface area (Å²) in [5.74, 6) is 0.249. The van der Waals surface area contributed by atoms with Crippen molar-refractivity contribution in [3.05, 3.63) is 65.7 Å². The second-order valence-corrected chi connectivity index (χ2v) is 6.35. The Labute approximate surface area is 135 Å². The molecular weight excluding hydrogens is 384 g/mol. The van der Waals surface area contributed by atoms with Crippen LogP contribution in [0, 0.1) is 0 Å². The van der Waals surface area contributed by atoms with Crippen LogP contribution in [0.15, 0.2) is 54.6 Å². The predicted molar refractivity (Wildman–Crippen MR) is 87.5 cm³/mol. The fourth-order valence-electron chi connectivity index (χ4n) is 1.89. The summed E-state index contributed by atoms with van der Waals surface area (Å²) < 4.78 is 5.12. The summed E-state index contributed by atoms with van der Waals surface area (Å²) in [5, 5.41) is 0. The van der Waals surface area contributed by atoms with Crippen molar-refractivity contribution >= 4 is 37.8 Å². The van der Waals surface area contributed by atoms with E-state index in [0.717, 1.165) is 5.56 Å². The van der Waals surface area contributed by atoms with Crippen LogP contribution in [0.25, 0.3) is 0 Å². The second-order valence-electron chi connectivity index (χ2n) is 4.38. The smallest absolute Gasteiger partial charge is 0.308 e. The summed E-state index contributed by atoms with van der Waals surface area (Å²) in [6.45, 7) is 1.40. The van der Waals surface area contributed by atoms with E-state index in [1.807, 2.05) is 36.4 Å². The van der Waals surface area contributed by atoms with Crippen molar-refractivity contribution in [1.82, 2.24) is 0 Å². The molecule has 0 aliphatic carbocycles. The van der Waals surface area contributed by atoms with Crippen LogP contribution >= 0.6 is 31.9 Å². The van der Waals surface area contributed by atoms with Crippen molar-refractivity contribution in [1.29, 1.82) is 0 Å². The zero-order valence-corrected chi connectivity index (χ0v) is 14.1. The van der Waals surface area contributed by atoms with Crippen molar-refractivity contribution in [2.75, 3.05) is 0 Å². The number of benzene rings is 2. The lowest BCUT2D eigenvalue weighted by molar-refractivity contribution is -0.131. The van der Waals surface area contributed by atoms with Crippen molar-refractivity contribution in [2.24, 2.45) is 0 Å². The monoisotopic (exact) mass is 396 g/mol. The number of hydrogen-bond acceptors (Lipinski definition) is 2. The number of rotatable bonds is 4. The molecule has 0 bridgehead atoms. The normalized spacial score (nSPS) is 13.6. The SMILES string of the molecule is CC(=O)Oc1cccc(C(Br)C(Br)c2ccccc2)c1. The molecule has 0 aromatic heterocycles. The Balaban J connectivity index is 2.20. The molecule has 2 nitrogen and oxygen atoms in total. The Kier molecular flexibility index (Phi) is 5.38. The van der Waals surface area contributed by atoms with Crippen LogP contribution in [-0.2, 0) is 4.79 Å². The summed E-state index contributed by atoms with van der Waals surface area (Å²) in [4.78, 5) is 11.2. The third-order valence-corrected chi connectivity index (χ3v) is 5.64. The van der Waals surface area contributed by atoms with Crippen LogP contribution in [0.5, 0.6) is 5.75 Å². The average Bonchev–Trinajstić information content (AvgIpc) is 2.46. The maximum absolute atomic E-state index is 11.0. The van der Waals surface area contributed by atoms with Gasteiger partial charge < -0.3 is 4.74 Å². The molecule has 0 amide bonds. The molecule has 0 aliphatic rings. The third kappa shape index (κ3) is 3.93. The van der Waals surface area contributed by atoms with Gasteiger partial charge >= 0.3 is 5.97 Å². The van der Waals surface area contributed by atoms with Crippen LogP contribution in [0.1, 0.15) is 27.7 Å². The van der Waals surface area contributed by atoms with Gasteiger partial charge in [-0.15, -0.1) is 0 Å². The highest BCUT2D eigenvalue weighted by Crippen LogP contribution is 2.42. The van der Waals surface area contributed by atoms with Gasteiger partial charge in [0.25, 0.3) is 0 Å². The van der Waals surface area contributed by atoms with Crippen molar-refractivity contribution in [2.45, 2.75) is 16.6 Å². The largest absolute Gasteiger partial charge is 0.427 e. The number of esters is 1. The molecule has 104 valence electrons. The summed E-state index contributed by atoms with van der Waals surface area (Å²) in [7, 11) is 0. The van der Waals surface area contributed by atoms with Gasteiger partial charge in [-0.1, -0.05) is 74.3 Å². The number of carbonyl (C=O) groups is 1. The lowest BCUT2D eigenvalue weighted by atomic mass is 10.0. The topological polar surface area (TPSA) is 26.3 Å². The zero-order chi connectivity index (χ0) is 14.5. The highest BCUT2D eigenvalue weighted by Gasteiger charge is 2.20. The summed E-state index contributed by atoms with van der Waals surface area (Å²) in [6, 6.07) is 17.7. The van der Waals surface area contributed by atoms with E-state index in [1.54, 1.807) is 6.07 Å².